The lowest BCUT2D eigenvalue weighted by Gasteiger charge is -2.43. The predicted octanol–water partition coefficient (Wildman–Crippen LogP) is -0.627. The molecule has 2 saturated heterocycles. The summed E-state index contributed by atoms with van der Waals surface area (Å²) in [6.07, 6.45) is 0.743. The number of fused-ring (bicyclic) bond motifs is 1. The summed E-state index contributed by atoms with van der Waals surface area (Å²) in [7, 11) is 2.75. The normalized spacial score (nSPS) is 32.7. The van der Waals surface area contributed by atoms with Crippen LogP contribution in [0.3, 0.4) is 0 Å². The zero-order chi connectivity index (χ0) is 18.3. The number of hydrogen-bond donors (Lipinski definition) is 1. The summed E-state index contributed by atoms with van der Waals surface area (Å²) in [4.78, 5) is 28.4. The standard InChI is InChI=1S/C16H23N3O6/c1-8-11(6-24-12-7-23-9(2)25-13(8)12)17-5-10-14(20)18(3)16(22)19(4)15(10)21/h5,8-9,11-13,20H,6-7H2,1-4H3/t8-,9?,11?,12?,13-/m1/s1. The average molecular weight is 353 g/mol. The Morgan fingerprint density at radius 2 is 1.88 bits per heavy atom. The Hall–Kier alpha value is -1.97. The highest BCUT2D eigenvalue weighted by Gasteiger charge is 2.42. The molecule has 138 valence electrons. The molecule has 9 heteroatoms. The summed E-state index contributed by atoms with van der Waals surface area (Å²) in [5, 5.41) is 10.1. The topological polar surface area (TPSA) is 104 Å². The van der Waals surface area contributed by atoms with Gasteiger partial charge in [-0.15, -0.1) is 0 Å². The van der Waals surface area contributed by atoms with E-state index in [9.17, 15) is 14.7 Å². The number of aliphatic imine (C=N–C) groups is 1. The van der Waals surface area contributed by atoms with Gasteiger partial charge in [0, 0.05) is 26.2 Å². The molecule has 3 unspecified atom stereocenters. The third-order valence-corrected chi connectivity index (χ3v) is 4.88. The summed E-state index contributed by atoms with van der Waals surface area (Å²) in [5.74, 6) is -0.352. The second kappa shape index (κ2) is 6.74. The van der Waals surface area contributed by atoms with E-state index in [-0.39, 0.29) is 36.0 Å². The Morgan fingerprint density at radius 3 is 2.60 bits per heavy atom. The van der Waals surface area contributed by atoms with Crippen LogP contribution < -0.4 is 11.2 Å². The zero-order valence-electron chi connectivity index (χ0n) is 14.7. The molecular formula is C16H23N3O6. The minimum Gasteiger partial charge on any atom is -0.494 e. The van der Waals surface area contributed by atoms with Crippen molar-refractivity contribution in [2.45, 2.75) is 38.4 Å². The Labute approximate surface area is 144 Å². The zero-order valence-corrected chi connectivity index (χ0v) is 14.7. The second-order valence-electron chi connectivity index (χ2n) is 6.52. The van der Waals surface area contributed by atoms with Gasteiger partial charge in [-0.2, -0.15) is 0 Å². The van der Waals surface area contributed by atoms with Crippen LogP contribution in [-0.4, -0.2) is 58.2 Å². The minimum absolute atomic E-state index is 0.0276. The maximum absolute atomic E-state index is 12.2. The molecule has 2 fully saturated rings. The van der Waals surface area contributed by atoms with E-state index in [1.807, 2.05) is 13.8 Å². The highest BCUT2D eigenvalue weighted by molar-refractivity contribution is 5.82. The molecule has 0 bridgehead atoms. The molecule has 0 aromatic carbocycles. The lowest BCUT2D eigenvalue weighted by atomic mass is 9.89. The maximum Gasteiger partial charge on any atom is 0.333 e. The highest BCUT2D eigenvalue weighted by Crippen LogP contribution is 2.30. The van der Waals surface area contributed by atoms with Gasteiger partial charge in [-0.05, 0) is 6.92 Å². The van der Waals surface area contributed by atoms with Gasteiger partial charge in [-0.3, -0.25) is 18.9 Å². The summed E-state index contributed by atoms with van der Waals surface area (Å²) in [6.45, 7) is 4.70. The number of rotatable bonds is 2. The van der Waals surface area contributed by atoms with Crippen molar-refractivity contribution in [1.29, 1.82) is 0 Å². The average Bonchev–Trinajstić information content (AvgIpc) is 2.60. The molecule has 0 radical (unpaired) electrons. The van der Waals surface area contributed by atoms with Crippen molar-refractivity contribution in [2.75, 3.05) is 13.2 Å². The van der Waals surface area contributed by atoms with E-state index in [1.54, 1.807) is 0 Å². The van der Waals surface area contributed by atoms with Crippen molar-refractivity contribution < 1.29 is 19.3 Å². The molecule has 25 heavy (non-hydrogen) atoms. The lowest BCUT2D eigenvalue weighted by Crippen LogP contribution is -2.55. The molecule has 0 spiro atoms. The third kappa shape index (κ3) is 3.14. The van der Waals surface area contributed by atoms with Crippen molar-refractivity contribution in [1.82, 2.24) is 9.13 Å². The van der Waals surface area contributed by atoms with Crippen molar-refractivity contribution >= 4 is 6.21 Å². The van der Waals surface area contributed by atoms with Gasteiger partial charge in [0.25, 0.3) is 5.56 Å². The van der Waals surface area contributed by atoms with Crippen LogP contribution in [0, 0.1) is 5.92 Å². The Kier molecular flexibility index (Phi) is 4.81. The van der Waals surface area contributed by atoms with Crippen LogP contribution in [0.1, 0.15) is 19.4 Å². The smallest absolute Gasteiger partial charge is 0.333 e. The Bertz CT molecular complexity index is 798. The van der Waals surface area contributed by atoms with Gasteiger partial charge in [-0.25, -0.2) is 4.79 Å². The first-order valence-electron chi connectivity index (χ1n) is 8.22. The molecule has 1 N–H and O–H groups in total. The quantitative estimate of drug-likeness (QED) is 0.710. The number of hydrogen-bond acceptors (Lipinski definition) is 7. The Morgan fingerprint density at radius 1 is 1.16 bits per heavy atom. The fraction of sp³-hybridized carbons (Fsp3) is 0.688. The monoisotopic (exact) mass is 353 g/mol. The third-order valence-electron chi connectivity index (χ3n) is 4.88. The lowest BCUT2D eigenvalue weighted by molar-refractivity contribution is -0.281. The first-order chi connectivity index (χ1) is 11.8. The molecular weight excluding hydrogens is 330 g/mol. The van der Waals surface area contributed by atoms with Crippen LogP contribution in [-0.2, 0) is 28.3 Å². The molecule has 1 aromatic heterocycles. The van der Waals surface area contributed by atoms with Crippen molar-refractivity contribution in [2.24, 2.45) is 25.0 Å². The van der Waals surface area contributed by atoms with E-state index >= 15 is 0 Å². The van der Waals surface area contributed by atoms with Gasteiger partial charge >= 0.3 is 5.69 Å². The van der Waals surface area contributed by atoms with Gasteiger partial charge < -0.3 is 19.3 Å². The molecule has 2 aliphatic heterocycles. The van der Waals surface area contributed by atoms with E-state index in [2.05, 4.69) is 4.99 Å². The second-order valence-corrected chi connectivity index (χ2v) is 6.52. The van der Waals surface area contributed by atoms with Crippen LogP contribution in [0.25, 0.3) is 0 Å². The summed E-state index contributed by atoms with van der Waals surface area (Å²) in [6, 6.07) is -0.229. The summed E-state index contributed by atoms with van der Waals surface area (Å²) >= 11 is 0. The van der Waals surface area contributed by atoms with Crippen LogP contribution in [0.5, 0.6) is 5.88 Å². The summed E-state index contributed by atoms with van der Waals surface area (Å²) < 4.78 is 18.9. The number of nitrogens with zero attached hydrogens (tertiary/aromatic N) is 3. The molecule has 0 saturated carbocycles. The molecule has 2 aliphatic rings. The fourth-order valence-corrected chi connectivity index (χ4v) is 3.19. The van der Waals surface area contributed by atoms with E-state index in [4.69, 9.17) is 14.2 Å². The fourth-order valence-electron chi connectivity index (χ4n) is 3.19. The van der Waals surface area contributed by atoms with Crippen LogP contribution in [0.15, 0.2) is 14.6 Å². The van der Waals surface area contributed by atoms with Crippen molar-refractivity contribution in [3.05, 3.63) is 26.4 Å². The molecule has 9 nitrogen and oxygen atoms in total. The van der Waals surface area contributed by atoms with E-state index in [0.717, 1.165) is 9.13 Å². The van der Waals surface area contributed by atoms with Gasteiger partial charge in [-0.1, -0.05) is 6.92 Å². The van der Waals surface area contributed by atoms with Crippen LogP contribution >= 0.6 is 0 Å². The highest BCUT2D eigenvalue weighted by atomic mass is 16.7. The molecule has 0 aliphatic carbocycles. The molecule has 0 amide bonds. The molecule has 3 heterocycles. The summed E-state index contributed by atoms with van der Waals surface area (Å²) in [5.41, 5.74) is -1.22. The van der Waals surface area contributed by atoms with Gasteiger partial charge in [0.05, 0.1) is 25.4 Å². The maximum atomic E-state index is 12.2. The molecule has 3 rings (SSSR count). The molecule has 5 atom stereocenters. The van der Waals surface area contributed by atoms with E-state index in [1.165, 1.54) is 20.3 Å². The number of aromatic hydroxyl groups is 1. The van der Waals surface area contributed by atoms with Crippen LogP contribution in [0.2, 0.25) is 0 Å². The molecule has 1 aromatic rings. The van der Waals surface area contributed by atoms with E-state index < -0.39 is 17.1 Å². The predicted molar refractivity (Wildman–Crippen MR) is 89.2 cm³/mol. The van der Waals surface area contributed by atoms with Crippen molar-refractivity contribution in [3.8, 4) is 5.88 Å². The van der Waals surface area contributed by atoms with Gasteiger partial charge in [0.1, 0.15) is 11.7 Å². The van der Waals surface area contributed by atoms with Gasteiger partial charge in [0.15, 0.2) is 6.29 Å². The minimum atomic E-state index is -0.596. The van der Waals surface area contributed by atoms with Crippen molar-refractivity contribution in [3.63, 3.8) is 0 Å². The SMILES string of the molecule is CC1OCC2OCC(N=Cc3c(O)n(C)c(=O)n(C)c3=O)[C@@H](C)[C@H]2O1. The number of aromatic nitrogens is 2. The Balaban J connectivity index is 1.86. The number of ether oxygens (including phenoxy) is 3. The van der Waals surface area contributed by atoms with Crippen LogP contribution in [0.4, 0.5) is 0 Å². The first-order valence-corrected chi connectivity index (χ1v) is 8.22. The first kappa shape index (κ1) is 17.8. The largest absolute Gasteiger partial charge is 0.494 e. The van der Waals surface area contributed by atoms with Gasteiger partial charge in [0.2, 0.25) is 5.88 Å². The van der Waals surface area contributed by atoms with E-state index in [0.29, 0.717) is 13.2 Å².